The summed E-state index contributed by atoms with van der Waals surface area (Å²) in [5.41, 5.74) is 13.3. The van der Waals surface area contributed by atoms with Crippen molar-refractivity contribution in [2.75, 3.05) is 53.8 Å². The lowest BCUT2D eigenvalue weighted by Crippen LogP contribution is -2.63. The fourth-order valence-electron chi connectivity index (χ4n) is 10.9. The Morgan fingerprint density at radius 1 is 0.808 bits per heavy atom. The molecule has 2 aromatic carbocycles. The van der Waals surface area contributed by atoms with Gasteiger partial charge in [0.2, 0.25) is 29.5 Å². The first-order valence-electron chi connectivity index (χ1n) is 27.9. The van der Waals surface area contributed by atoms with E-state index in [1.54, 1.807) is 69.2 Å². The number of methoxy groups -OCH3 is 2. The monoisotopic (exact) mass is 1090 g/mol. The van der Waals surface area contributed by atoms with Crippen molar-refractivity contribution in [1.82, 2.24) is 31.1 Å². The van der Waals surface area contributed by atoms with E-state index >= 15 is 0 Å². The number of ether oxygens (including phenoxy) is 2. The lowest BCUT2D eigenvalue weighted by atomic mass is 9.89. The van der Waals surface area contributed by atoms with Crippen molar-refractivity contribution in [3.8, 4) is 0 Å². The molecule has 2 aromatic rings. The van der Waals surface area contributed by atoms with Crippen molar-refractivity contribution in [2.24, 2.45) is 41.1 Å². The highest BCUT2D eigenvalue weighted by Gasteiger charge is 2.45. The fraction of sp³-hybridized carbons (Fsp3) is 0.672. The number of nitrogens with zero attached hydrogens (tertiary/aromatic N) is 3. The number of quaternary nitrogens is 1. The molecule has 78 heavy (non-hydrogen) atoms. The number of anilines is 1. The number of likely N-dealkylation sites (tertiary alicyclic amines) is 1. The molecule has 20 heteroatoms. The van der Waals surface area contributed by atoms with Gasteiger partial charge in [0, 0.05) is 51.5 Å². The lowest BCUT2D eigenvalue weighted by Gasteiger charge is -2.42. The molecule has 0 saturated carbocycles. The highest BCUT2D eigenvalue weighted by atomic mass is 16.5. The summed E-state index contributed by atoms with van der Waals surface area (Å²) in [5.74, 6) is -3.35. The first-order chi connectivity index (χ1) is 36.6. The number of aliphatic hydroxyl groups is 1. The minimum absolute atomic E-state index is 0.0337. The molecule has 1 heterocycles. The van der Waals surface area contributed by atoms with Crippen molar-refractivity contribution >= 4 is 47.2 Å². The van der Waals surface area contributed by atoms with E-state index in [9.17, 15) is 38.7 Å². The Morgan fingerprint density at radius 3 is 1.97 bits per heavy atom. The molecule has 0 radical (unpaired) electrons. The van der Waals surface area contributed by atoms with Crippen LogP contribution in [0.15, 0.2) is 54.6 Å². The van der Waals surface area contributed by atoms with Crippen molar-refractivity contribution in [2.45, 2.75) is 175 Å². The standard InChI is InChI=1S/C58H96N10O10/c1-16-37(8)49(45(77-14)32-46(69)67-31-21-25-44(67)52(78-15)38(9)53(71)62-39(10)51(70)41-22-18-17-19-23-41)66(11)57(75)48(35(4)5)65-56(74)50(36(6)7)68(12,13)33-40-26-28-42(29-27-40)63-54(72)43(24-20-30-61-58(60)76)64-55(73)47(59)34(2)3/h17-19,22-23,26-29,34-39,43-45,47-52,70H,16,20-21,24-25,30-33,59H2,1-15H3,(H6-,60,61,62,63,64,65,71,72,73,74,76)/p+1/t37-,38+,39+,43?,44?,45+,47?,48?,49-,50?,51+,52+/m0/s1. The smallest absolute Gasteiger partial charge is 0.312 e. The molecule has 10 N–H and O–H groups in total. The Hall–Kier alpha value is -5.67. The Bertz CT molecular complexity index is 2250. The van der Waals surface area contributed by atoms with E-state index in [2.05, 4.69) is 26.6 Å². The summed E-state index contributed by atoms with van der Waals surface area (Å²) < 4.78 is 12.3. The van der Waals surface area contributed by atoms with Crippen LogP contribution in [-0.2, 0) is 44.8 Å². The minimum atomic E-state index is -0.927. The van der Waals surface area contributed by atoms with Crippen LogP contribution in [0.5, 0.6) is 0 Å². The van der Waals surface area contributed by atoms with Crippen LogP contribution in [0.1, 0.15) is 125 Å². The molecule has 3 rings (SSSR count). The molecule has 12 atom stereocenters. The van der Waals surface area contributed by atoms with Crippen LogP contribution in [0.3, 0.4) is 0 Å². The third kappa shape index (κ3) is 18.7. The topological polar surface area (TPSA) is 277 Å². The van der Waals surface area contributed by atoms with Gasteiger partial charge in [-0.3, -0.25) is 28.8 Å². The maximum absolute atomic E-state index is 14.9. The molecular formula is C58H97N10O10+. The molecule has 20 nitrogen and oxygen atoms in total. The van der Waals surface area contributed by atoms with Gasteiger partial charge < -0.3 is 66.9 Å². The first-order valence-corrected chi connectivity index (χ1v) is 27.9. The molecule has 0 bridgehead atoms. The van der Waals surface area contributed by atoms with Crippen LogP contribution in [0.25, 0.3) is 0 Å². The molecular weight excluding hydrogens is 997 g/mol. The molecule has 1 saturated heterocycles. The highest BCUT2D eigenvalue weighted by Crippen LogP contribution is 2.31. The third-order valence-electron chi connectivity index (χ3n) is 15.6. The number of aliphatic hydroxyl groups excluding tert-OH is 1. The molecule has 8 amide bonds. The second kappa shape index (κ2) is 31.2. The summed E-state index contributed by atoms with van der Waals surface area (Å²) in [4.78, 5) is 98.6. The molecule has 5 unspecified atom stereocenters. The van der Waals surface area contributed by atoms with E-state index in [1.807, 2.05) is 99.8 Å². The van der Waals surface area contributed by atoms with Gasteiger partial charge in [-0.05, 0) is 68.1 Å². The quantitative estimate of drug-likeness (QED) is 0.0386. The van der Waals surface area contributed by atoms with Crippen LogP contribution < -0.4 is 38.1 Å². The highest BCUT2D eigenvalue weighted by molar-refractivity contribution is 5.98. The number of benzene rings is 2. The van der Waals surface area contributed by atoms with Gasteiger partial charge in [-0.2, -0.15) is 0 Å². The van der Waals surface area contributed by atoms with Crippen LogP contribution in [0, 0.1) is 29.6 Å². The number of primary amides is 1. The Kier molecular flexibility index (Phi) is 26.6. The summed E-state index contributed by atoms with van der Waals surface area (Å²) in [6, 6.07) is 10.9. The van der Waals surface area contributed by atoms with E-state index in [4.69, 9.17) is 20.9 Å². The zero-order valence-corrected chi connectivity index (χ0v) is 49.3. The van der Waals surface area contributed by atoms with E-state index in [0.717, 1.165) is 5.56 Å². The number of urea groups is 1. The van der Waals surface area contributed by atoms with Gasteiger partial charge in [-0.1, -0.05) is 111 Å². The molecule has 1 aliphatic heterocycles. The van der Waals surface area contributed by atoms with E-state index < -0.39 is 84.4 Å². The van der Waals surface area contributed by atoms with Crippen LogP contribution in [0.2, 0.25) is 0 Å². The van der Waals surface area contributed by atoms with E-state index in [0.29, 0.717) is 50.0 Å². The zero-order valence-electron chi connectivity index (χ0n) is 49.3. The third-order valence-corrected chi connectivity index (χ3v) is 15.6. The maximum atomic E-state index is 14.9. The lowest BCUT2D eigenvalue weighted by molar-refractivity contribution is -0.922. The Balaban J connectivity index is 1.77. The number of nitrogens with one attached hydrogen (secondary N) is 5. The van der Waals surface area contributed by atoms with Gasteiger partial charge in [0.25, 0.3) is 5.91 Å². The Morgan fingerprint density at radius 2 is 1.44 bits per heavy atom. The number of nitrogens with two attached hydrogens (primary N) is 2. The second-order valence-electron chi connectivity index (χ2n) is 23.0. The number of hydrogen-bond acceptors (Lipinski definition) is 11. The van der Waals surface area contributed by atoms with E-state index in [-0.39, 0.29) is 71.2 Å². The summed E-state index contributed by atoms with van der Waals surface area (Å²) >= 11 is 0. The molecule has 1 fully saturated rings. The van der Waals surface area contributed by atoms with Crippen LogP contribution >= 0.6 is 0 Å². The molecule has 0 aliphatic carbocycles. The summed E-state index contributed by atoms with van der Waals surface area (Å²) in [5, 5.41) is 25.2. The number of likely N-dealkylation sites (N-methyl/N-ethyl adjacent to an activating group) is 2. The average Bonchev–Trinajstić information content (AvgIpc) is 3.88. The van der Waals surface area contributed by atoms with Crippen molar-refractivity contribution in [3.63, 3.8) is 0 Å². The Labute approximate surface area is 464 Å². The number of hydrogen-bond donors (Lipinski definition) is 8. The van der Waals surface area contributed by atoms with Crippen molar-refractivity contribution in [3.05, 3.63) is 65.7 Å². The molecule has 438 valence electrons. The zero-order chi connectivity index (χ0) is 58.8. The predicted molar refractivity (Wildman–Crippen MR) is 303 cm³/mol. The summed E-state index contributed by atoms with van der Waals surface area (Å²) in [6.45, 7) is 20.0. The van der Waals surface area contributed by atoms with Crippen molar-refractivity contribution in [1.29, 1.82) is 0 Å². The molecule has 0 spiro atoms. The average molecular weight is 1090 g/mol. The second-order valence-corrected chi connectivity index (χ2v) is 23.0. The number of amides is 8. The van der Waals surface area contributed by atoms with Gasteiger partial charge in [-0.25, -0.2) is 4.79 Å². The van der Waals surface area contributed by atoms with Gasteiger partial charge in [0.15, 0.2) is 6.04 Å². The summed E-state index contributed by atoms with van der Waals surface area (Å²) in [6.07, 6.45) is 0.334. The van der Waals surface area contributed by atoms with Gasteiger partial charge in [-0.15, -0.1) is 0 Å². The minimum Gasteiger partial charge on any atom is -0.386 e. The molecule has 1 aliphatic rings. The largest absolute Gasteiger partial charge is 0.386 e. The first kappa shape index (κ1) is 66.6. The van der Waals surface area contributed by atoms with Gasteiger partial charge in [0.05, 0.1) is 68.9 Å². The summed E-state index contributed by atoms with van der Waals surface area (Å²) in [7, 11) is 8.72. The van der Waals surface area contributed by atoms with E-state index in [1.165, 1.54) is 0 Å². The number of carbonyl (C=O) groups excluding carboxylic acids is 7. The van der Waals surface area contributed by atoms with Gasteiger partial charge >= 0.3 is 6.03 Å². The molecule has 0 aromatic heterocycles. The fourth-order valence-corrected chi connectivity index (χ4v) is 10.9. The number of carbonyl (C=O) groups is 7. The maximum Gasteiger partial charge on any atom is 0.312 e. The normalized spacial score (nSPS) is 18.1. The van der Waals surface area contributed by atoms with Gasteiger partial charge in [0.1, 0.15) is 18.6 Å². The van der Waals surface area contributed by atoms with Crippen LogP contribution in [0.4, 0.5) is 10.5 Å². The van der Waals surface area contributed by atoms with Crippen LogP contribution in [-0.4, -0.2) is 164 Å². The van der Waals surface area contributed by atoms with Crippen molar-refractivity contribution < 1.29 is 52.6 Å². The number of rotatable bonds is 31. The SMILES string of the molecule is CC[C@H](C)[C@@H]([C@@H](CC(=O)N1CCCC1[C@H](OC)[C@@H](C)C(=O)N[C@H](C)[C@@H](O)c1ccccc1)OC)N(C)C(=O)C(NC(=O)C(C(C)C)[N+](C)(C)Cc1ccc(NC(=O)C(CCCNC(N)=O)NC(=O)C(N)C(C)C)cc1)C(C)C. The predicted octanol–water partition coefficient (Wildman–Crippen LogP) is 4.44.